The minimum absolute atomic E-state index is 0.0449. The van der Waals surface area contributed by atoms with Crippen LogP contribution < -0.4 is 15.4 Å². The van der Waals surface area contributed by atoms with Crippen LogP contribution in [0.15, 0.2) is 16.6 Å². The number of hydrogen-bond acceptors (Lipinski definition) is 3. The van der Waals surface area contributed by atoms with Crippen LogP contribution in [-0.2, 0) is 17.8 Å². The molecule has 0 radical (unpaired) electrons. The molecule has 0 saturated heterocycles. The second kappa shape index (κ2) is 7.80. The SMILES string of the molecule is CCCC(C)NC(=O)CNCc1cc(Br)cc2c1OCC2. The van der Waals surface area contributed by atoms with E-state index in [1.807, 2.05) is 6.92 Å². The zero-order valence-corrected chi connectivity index (χ0v) is 14.3. The maximum atomic E-state index is 11.8. The molecule has 116 valence electrons. The Kier molecular flexibility index (Phi) is 6.06. The average molecular weight is 355 g/mol. The van der Waals surface area contributed by atoms with Crippen molar-refractivity contribution in [3.05, 3.63) is 27.7 Å². The summed E-state index contributed by atoms with van der Waals surface area (Å²) in [5.74, 6) is 1.02. The van der Waals surface area contributed by atoms with Crippen molar-refractivity contribution in [3.63, 3.8) is 0 Å². The predicted molar refractivity (Wildman–Crippen MR) is 87.6 cm³/mol. The lowest BCUT2D eigenvalue weighted by atomic mass is 10.1. The summed E-state index contributed by atoms with van der Waals surface area (Å²) in [4.78, 5) is 11.8. The van der Waals surface area contributed by atoms with Gasteiger partial charge in [0.25, 0.3) is 0 Å². The van der Waals surface area contributed by atoms with Crippen molar-refractivity contribution >= 4 is 21.8 Å². The van der Waals surface area contributed by atoms with Crippen LogP contribution in [0.1, 0.15) is 37.8 Å². The molecular formula is C16H23BrN2O2. The van der Waals surface area contributed by atoms with Crippen LogP contribution in [0, 0.1) is 0 Å². The van der Waals surface area contributed by atoms with Crippen LogP contribution in [0.4, 0.5) is 0 Å². The number of carbonyl (C=O) groups is 1. The first-order valence-electron chi connectivity index (χ1n) is 7.54. The van der Waals surface area contributed by atoms with Gasteiger partial charge in [0.2, 0.25) is 5.91 Å². The molecule has 0 saturated carbocycles. The Morgan fingerprint density at radius 3 is 3.05 bits per heavy atom. The van der Waals surface area contributed by atoms with Gasteiger partial charge in [0, 0.05) is 29.0 Å². The molecule has 0 aromatic heterocycles. The zero-order chi connectivity index (χ0) is 15.2. The van der Waals surface area contributed by atoms with Crippen molar-refractivity contribution in [1.82, 2.24) is 10.6 Å². The highest BCUT2D eigenvalue weighted by Gasteiger charge is 2.17. The van der Waals surface area contributed by atoms with E-state index >= 15 is 0 Å². The number of ether oxygens (including phenoxy) is 1. The number of rotatable bonds is 7. The van der Waals surface area contributed by atoms with E-state index in [1.54, 1.807) is 0 Å². The molecule has 1 atom stereocenters. The smallest absolute Gasteiger partial charge is 0.234 e. The van der Waals surface area contributed by atoms with E-state index in [0.29, 0.717) is 13.1 Å². The van der Waals surface area contributed by atoms with Gasteiger partial charge in [0.05, 0.1) is 13.2 Å². The van der Waals surface area contributed by atoms with Crippen LogP contribution in [0.3, 0.4) is 0 Å². The first-order chi connectivity index (χ1) is 10.1. The third-order valence-corrected chi connectivity index (χ3v) is 4.01. The third-order valence-electron chi connectivity index (χ3n) is 3.56. The number of nitrogens with one attached hydrogen (secondary N) is 2. The number of amides is 1. The standard InChI is InChI=1S/C16H23BrN2O2/c1-3-4-11(2)19-15(20)10-18-9-13-8-14(17)7-12-5-6-21-16(12)13/h7-8,11,18H,3-6,9-10H2,1-2H3,(H,19,20). The molecule has 0 aliphatic carbocycles. The monoisotopic (exact) mass is 354 g/mol. The lowest BCUT2D eigenvalue weighted by Crippen LogP contribution is -2.38. The number of halogens is 1. The highest BCUT2D eigenvalue weighted by molar-refractivity contribution is 9.10. The molecule has 1 heterocycles. The summed E-state index contributed by atoms with van der Waals surface area (Å²) in [6, 6.07) is 4.39. The van der Waals surface area contributed by atoms with Crippen LogP contribution in [0.25, 0.3) is 0 Å². The van der Waals surface area contributed by atoms with E-state index in [1.165, 1.54) is 5.56 Å². The Hall–Kier alpha value is -1.07. The molecule has 1 unspecified atom stereocenters. The van der Waals surface area contributed by atoms with E-state index in [9.17, 15) is 4.79 Å². The summed E-state index contributed by atoms with van der Waals surface area (Å²) in [5.41, 5.74) is 2.34. The Morgan fingerprint density at radius 2 is 2.29 bits per heavy atom. The fourth-order valence-corrected chi connectivity index (χ4v) is 3.17. The summed E-state index contributed by atoms with van der Waals surface area (Å²) in [6.45, 7) is 5.87. The molecule has 1 aliphatic heterocycles. The van der Waals surface area contributed by atoms with Crippen LogP contribution in [0.2, 0.25) is 0 Å². The summed E-state index contributed by atoms with van der Waals surface area (Å²) >= 11 is 3.52. The molecule has 4 nitrogen and oxygen atoms in total. The number of fused-ring (bicyclic) bond motifs is 1. The molecule has 0 fully saturated rings. The van der Waals surface area contributed by atoms with Crippen LogP contribution >= 0.6 is 15.9 Å². The van der Waals surface area contributed by atoms with E-state index in [2.05, 4.69) is 45.6 Å². The Bertz CT molecular complexity index is 505. The minimum Gasteiger partial charge on any atom is -0.493 e. The molecule has 5 heteroatoms. The Balaban J connectivity index is 1.83. The molecule has 1 aliphatic rings. The number of benzene rings is 1. The van der Waals surface area contributed by atoms with Gasteiger partial charge in [0.1, 0.15) is 5.75 Å². The molecule has 1 aromatic rings. The highest BCUT2D eigenvalue weighted by Crippen LogP contribution is 2.32. The van der Waals surface area contributed by atoms with Gasteiger partial charge in [-0.05, 0) is 31.0 Å². The molecule has 21 heavy (non-hydrogen) atoms. The van der Waals surface area contributed by atoms with Crippen molar-refractivity contribution in [2.45, 2.75) is 45.7 Å². The molecule has 2 N–H and O–H groups in total. The van der Waals surface area contributed by atoms with Gasteiger partial charge in [-0.15, -0.1) is 0 Å². The van der Waals surface area contributed by atoms with Crippen LogP contribution in [0.5, 0.6) is 5.75 Å². The van der Waals surface area contributed by atoms with Crippen molar-refractivity contribution in [2.24, 2.45) is 0 Å². The highest BCUT2D eigenvalue weighted by atomic mass is 79.9. The lowest BCUT2D eigenvalue weighted by molar-refractivity contribution is -0.120. The summed E-state index contributed by atoms with van der Waals surface area (Å²) in [7, 11) is 0. The Morgan fingerprint density at radius 1 is 1.48 bits per heavy atom. The van der Waals surface area contributed by atoms with Gasteiger partial charge < -0.3 is 15.4 Å². The Labute approximate surface area is 134 Å². The van der Waals surface area contributed by atoms with Crippen molar-refractivity contribution in [3.8, 4) is 5.75 Å². The lowest BCUT2D eigenvalue weighted by Gasteiger charge is -2.14. The molecule has 0 spiro atoms. The number of hydrogen-bond donors (Lipinski definition) is 2. The molecular weight excluding hydrogens is 332 g/mol. The van der Waals surface area contributed by atoms with Gasteiger partial charge in [-0.25, -0.2) is 0 Å². The third kappa shape index (κ3) is 4.71. The quantitative estimate of drug-likeness (QED) is 0.791. The zero-order valence-electron chi connectivity index (χ0n) is 12.7. The fourth-order valence-electron chi connectivity index (χ4n) is 2.62. The topological polar surface area (TPSA) is 50.4 Å². The van der Waals surface area contributed by atoms with Gasteiger partial charge in [0.15, 0.2) is 0 Å². The normalized spacial score (nSPS) is 14.4. The van der Waals surface area contributed by atoms with Gasteiger partial charge in [-0.1, -0.05) is 29.3 Å². The molecule has 1 aromatic carbocycles. The molecule has 1 amide bonds. The second-order valence-corrected chi connectivity index (χ2v) is 6.43. The largest absolute Gasteiger partial charge is 0.493 e. The predicted octanol–water partition coefficient (Wildman–Crippen LogP) is 2.78. The molecule has 2 rings (SSSR count). The fraction of sp³-hybridized carbons (Fsp3) is 0.562. The van der Waals surface area contributed by atoms with E-state index in [4.69, 9.17) is 4.74 Å². The van der Waals surface area contributed by atoms with Crippen molar-refractivity contribution in [1.29, 1.82) is 0 Å². The average Bonchev–Trinajstić information content (AvgIpc) is 2.86. The first kappa shape index (κ1) is 16.3. The second-order valence-electron chi connectivity index (χ2n) is 5.51. The summed E-state index contributed by atoms with van der Waals surface area (Å²) < 4.78 is 6.74. The summed E-state index contributed by atoms with van der Waals surface area (Å²) in [5, 5.41) is 6.18. The van der Waals surface area contributed by atoms with E-state index in [0.717, 1.165) is 41.7 Å². The number of carbonyl (C=O) groups excluding carboxylic acids is 1. The minimum atomic E-state index is 0.0449. The maximum Gasteiger partial charge on any atom is 0.234 e. The van der Waals surface area contributed by atoms with Gasteiger partial charge >= 0.3 is 0 Å². The molecule has 0 bridgehead atoms. The maximum absolute atomic E-state index is 11.8. The van der Waals surface area contributed by atoms with Crippen LogP contribution in [-0.4, -0.2) is 25.1 Å². The van der Waals surface area contributed by atoms with Gasteiger partial charge in [-0.2, -0.15) is 0 Å². The first-order valence-corrected chi connectivity index (χ1v) is 8.33. The van der Waals surface area contributed by atoms with Crippen molar-refractivity contribution < 1.29 is 9.53 Å². The van der Waals surface area contributed by atoms with E-state index < -0.39 is 0 Å². The van der Waals surface area contributed by atoms with E-state index in [-0.39, 0.29) is 11.9 Å². The van der Waals surface area contributed by atoms with Gasteiger partial charge in [-0.3, -0.25) is 4.79 Å². The van der Waals surface area contributed by atoms with Crippen molar-refractivity contribution in [2.75, 3.05) is 13.2 Å². The summed E-state index contributed by atoms with van der Waals surface area (Å²) in [6.07, 6.45) is 3.05.